The second-order valence-electron chi connectivity index (χ2n) is 4.74. The Morgan fingerprint density at radius 3 is 3.00 bits per heavy atom. The highest BCUT2D eigenvalue weighted by Crippen LogP contribution is 2.10. The fourth-order valence-electron chi connectivity index (χ4n) is 2.04. The number of rotatable bonds is 4. The maximum atomic E-state index is 12.0. The molecule has 1 saturated heterocycles. The van der Waals surface area contributed by atoms with Crippen molar-refractivity contribution < 1.29 is 4.79 Å². The van der Waals surface area contributed by atoms with Gasteiger partial charge in [-0.25, -0.2) is 4.68 Å². The third-order valence-corrected chi connectivity index (χ3v) is 3.29. The molecule has 0 radical (unpaired) electrons. The smallest absolute Gasteiger partial charge is 0.251 e. The van der Waals surface area contributed by atoms with Gasteiger partial charge >= 0.3 is 0 Å². The third kappa shape index (κ3) is 2.66. The number of nitrogens with zero attached hydrogens (tertiary/aromatic N) is 2. The first-order valence-corrected chi connectivity index (χ1v) is 6.42. The molecule has 2 heterocycles. The zero-order valence-electron chi connectivity index (χ0n) is 10.5. The van der Waals surface area contributed by atoms with Gasteiger partial charge in [-0.1, -0.05) is 6.07 Å². The zero-order valence-corrected chi connectivity index (χ0v) is 10.5. The Bertz CT molecular complexity index is 561. The van der Waals surface area contributed by atoms with Gasteiger partial charge in [-0.15, -0.1) is 0 Å². The van der Waals surface area contributed by atoms with Crippen LogP contribution in [0.4, 0.5) is 0 Å². The Kier molecular flexibility index (Phi) is 3.29. The number of hydrogen-bond acceptors (Lipinski definition) is 3. The first kappa shape index (κ1) is 11.9. The number of nitrogens with one attached hydrogen (secondary N) is 2. The van der Waals surface area contributed by atoms with Gasteiger partial charge in [0.1, 0.15) is 0 Å². The van der Waals surface area contributed by atoms with E-state index in [0.29, 0.717) is 11.5 Å². The highest BCUT2D eigenvalue weighted by Gasteiger charge is 2.17. The van der Waals surface area contributed by atoms with Gasteiger partial charge in [-0.05, 0) is 24.3 Å². The standard InChI is InChI=1S/C14H16N4O/c19-14(16-10-11-8-15-9-11)12-3-1-4-13(7-12)18-6-2-5-17-18/h1-7,11,15H,8-10H2,(H,16,19). The third-order valence-electron chi connectivity index (χ3n) is 3.29. The molecule has 0 aliphatic carbocycles. The fraction of sp³-hybridized carbons (Fsp3) is 0.286. The first-order valence-electron chi connectivity index (χ1n) is 6.42. The summed E-state index contributed by atoms with van der Waals surface area (Å²) < 4.78 is 1.74. The van der Waals surface area contributed by atoms with E-state index in [4.69, 9.17) is 0 Å². The highest BCUT2D eigenvalue weighted by atomic mass is 16.1. The van der Waals surface area contributed by atoms with Gasteiger partial charge in [0.25, 0.3) is 5.91 Å². The molecule has 0 saturated carbocycles. The van der Waals surface area contributed by atoms with E-state index < -0.39 is 0 Å². The Hall–Kier alpha value is -2.14. The minimum absolute atomic E-state index is 0.0269. The van der Waals surface area contributed by atoms with Crippen molar-refractivity contribution in [1.29, 1.82) is 0 Å². The molecule has 0 atom stereocenters. The topological polar surface area (TPSA) is 59.0 Å². The van der Waals surface area contributed by atoms with E-state index in [1.54, 1.807) is 10.9 Å². The van der Waals surface area contributed by atoms with Gasteiger partial charge in [0.2, 0.25) is 0 Å². The summed E-state index contributed by atoms with van der Waals surface area (Å²) in [5.74, 6) is 0.541. The van der Waals surface area contributed by atoms with Crippen LogP contribution in [0.2, 0.25) is 0 Å². The van der Waals surface area contributed by atoms with Crippen LogP contribution in [-0.4, -0.2) is 35.3 Å². The summed E-state index contributed by atoms with van der Waals surface area (Å²) >= 11 is 0. The van der Waals surface area contributed by atoms with Crippen LogP contribution in [0.25, 0.3) is 5.69 Å². The van der Waals surface area contributed by atoms with E-state index >= 15 is 0 Å². The van der Waals surface area contributed by atoms with E-state index in [-0.39, 0.29) is 5.91 Å². The number of aromatic nitrogens is 2. The van der Waals surface area contributed by atoms with E-state index in [2.05, 4.69) is 15.7 Å². The minimum atomic E-state index is -0.0269. The first-order chi connectivity index (χ1) is 9.33. The second kappa shape index (κ2) is 5.24. The van der Waals surface area contributed by atoms with Crippen molar-refractivity contribution in [3.05, 3.63) is 48.3 Å². The Balaban J connectivity index is 1.69. The normalized spacial score (nSPS) is 14.9. The lowest BCUT2D eigenvalue weighted by molar-refractivity contribution is 0.0942. The quantitative estimate of drug-likeness (QED) is 0.851. The maximum absolute atomic E-state index is 12.0. The molecule has 19 heavy (non-hydrogen) atoms. The predicted octanol–water partition coefficient (Wildman–Crippen LogP) is 0.821. The van der Waals surface area contributed by atoms with Crippen LogP contribution < -0.4 is 10.6 Å². The maximum Gasteiger partial charge on any atom is 0.251 e. The Morgan fingerprint density at radius 1 is 1.42 bits per heavy atom. The highest BCUT2D eigenvalue weighted by molar-refractivity contribution is 5.94. The van der Waals surface area contributed by atoms with Crippen LogP contribution in [-0.2, 0) is 0 Å². The summed E-state index contributed by atoms with van der Waals surface area (Å²) in [6.07, 6.45) is 3.58. The summed E-state index contributed by atoms with van der Waals surface area (Å²) in [4.78, 5) is 12.0. The van der Waals surface area contributed by atoms with Gasteiger partial charge in [-0.2, -0.15) is 5.10 Å². The number of benzene rings is 1. The summed E-state index contributed by atoms with van der Waals surface area (Å²) in [6.45, 7) is 2.72. The molecule has 2 aromatic rings. The van der Waals surface area contributed by atoms with Crippen LogP contribution in [0.15, 0.2) is 42.7 Å². The SMILES string of the molecule is O=C(NCC1CNC1)c1cccc(-n2cccn2)c1. The van der Waals surface area contributed by atoms with Crippen LogP contribution in [0.3, 0.4) is 0 Å². The van der Waals surface area contributed by atoms with Crippen molar-refractivity contribution in [2.75, 3.05) is 19.6 Å². The zero-order chi connectivity index (χ0) is 13.1. The molecule has 1 aliphatic heterocycles. The van der Waals surface area contributed by atoms with Crippen LogP contribution >= 0.6 is 0 Å². The number of hydrogen-bond donors (Lipinski definition) is 2. The molecule has 2 N–H and O–H groups in total. The number of carbonyl (C=O) groups excluding carboxylic acids is 1. The average Bonchev–Trinajstić information content (AvgIpc) is 2.91. The molecule has 1 aromatic heterocycles. The van der Waals surface area contributed by atoms with Gasteiger partial charge < -0.3 is 10.6 Å². The second-order valence-corrected chi connectivity index (χ2v) is 4.74. The Morgan fingerprint density at radius 2 is 2.32 bits per heavy atom. The van der Waals surface area contributed by atoms with Crippen LogP contribution in [0.1, 0.15) is 10.4 Å². The molecule has 1 aliphatic rings. The number of amides is 1. The van der Waals surface area contributed by atoms with Crippen LogP contribution in [0.5, 0.6) is 0 Å². The molecule has 5 nitrogen and oxygen atoms in total. The lowest BCUT2D eigenvalue weighted by Crippen LogP contribution is -2.48. The molecule has 1 aromatic carbocycles. The summed E-state index contributed by atoms with van der Waals surface area (Å²) in [6, 6.07) is 9.33. The van der Waals surface area contributed by atoms with Crippen molar-refractivity contribution in [3.8, 4) is 5.69 Å². The minimum Gasteiger partial charge on any atom is -0.352 e. The summed E-state index contributed by atoms with van der Waals surface area (Å²) in [5.41, 5.74) is 1.56. The van der Waals surface area contributed by atoms with E-state index in [0.717, 1.165) is 25.3 Å². The van der Waals surface area contributed by atoms with Gasteiger partial charge in [-0.3, -0.25) is 4.79 Å². The van der Waals surface area contributed by atoms with E-state index in [9.17, 15) is 4.79 Å². The molecular formula is C14H16N4O. The van der Waals surface area contributed by atoms with Gasteiger partial charge in [0.15, 0.2) is 0 Å². The van der Waals surface area contributed by atoms with Crippen LogP contribution in [0, 0.1) is 5.92 Å². The van der Waals surface area contributed by atoms with E-state index in [1.165, 1.54) is 0 Å². The molecule has 0 unspecified atom stereocenters. The molecule has 1 fully saturated rings. The van der Waals surface area contributed by atoms with Crippen molar-refractivity contribution in [2.45, 2.75) is 0 Å². The fourth-order valence-corrected chi connectivity index (χ4v) is 2.04. The Labute approximate surface area is 111 Å². The molecule has 0 spiro atoms. The van der Waals surface area contributed by atoms with Crippen molar-refractivity contribution >= 4 is 5.91 Å². The lowest BCUT2D eigenvalue weighted by Gasteiger charge is -2.27. The van der Waals surface area contributed by atoms with Gasteiger partial charge in [0, 0.05) is 43.5 Å². The molecule has 0 bridgehead atoms. The molecule has 1 amide bonds. The predicted molar refractivity (Wildman–Crippen MR) is 72.3 cm³/mol. The molecule has 5 heteroatoms. The summed E-state index contributed by atoms with van der Waals surface area (Å²) in [5, 5.41) is 10.3. The summed E-state index contributed by atoms with van der Waals surface area (Å²) in [7, 11) is 0. The molecule has 98 valence electrons. The number of carbonyl (C=O) groups is 1. The van der Waals surface area contributed by atoms with Crippen molar-refractivity contribution in [2.24, 2.45) is 5.92 Å². The van der Waals surface area contributed by atoms with Crippen molar-refractivity contribution in [3.63, 3.8) is 0 Å². The van der Waals surface area contributed by atoms with Gasteiger partial charge in [0.05, 0.1) is 5.69 Å². The van der Waals surface area contributed by atoms with E-state index in [1.807, 2.05) is 36.5 Å². The average molecular weight is 256 g/mol. The largest absolute Gasteiger partial charge is 0.352 e. The van der Waals surface area contributed by atoms with Crippen molar-refractivity contribution in [1.82, 2.24) is 20.4 Å². The lowest BCUT2D eigenvalue weighted by atomic mass is 10.0. The molecular weight excluding hydrogens is 240 g/mol. The monoisotopic (exact) mass is 256 g/mol. The molecule has 3 rings (SSSR count).